The summed E-state index contributed by atoms with van der Waals surface area (Å²) in [7, 11) is -6.07. The molecular formula is C10H21Cl2NO4S2. The zero-order chi connectivity index (χ0) is 14.8. The fraction of sp³-hybridized carbons (Fsp3) is 1.00. The average Bonchev–Trinajstić information content (AvgIpc) is 2.27. The Morgan fingerprint density at radius 2 is 1.05 bits per heavy atom. The van der Waals surface area contributed by atoms with Gasteiger partial charge in [0.2, 0.25) is 0 Å². The molecule has 0 rings (SSSR count). The number of hydrogen-bond acceptors (Lipinski definition) is 5. The summed E-state index contributed by atoms with van der Waals surface area (Å²) in [6.07, 6.45) is 1.02. The van der Waals surface area contributed by atoms with Crippen molar-refractivity contribution in [2.45, 2.75) is 12.8 Å². The minimum Gasteiger partial charge on any atom is -0.317 e. The predicted molar refractivity (Wildman–Crippen MR) is 80.9 cm³/mol. The molecule has 0 heterocycles. The molecule has 0 atom stereocenters. The zero-order valence-electron chi connectivity index (χ0n) is 10.8. The monoisotopic (exact) mass is 353 g/mol. The van der Waals surface area contributed by atoms with E-state index >= 15 is 0 Å². The van der Waals surface area contributed by atoms with Crippen molar-refractivity contribution in [2.75, 3.05) is 47.9 Å². The molecule has 0 unspecified atom stereocenters. The van der Waals surface area contributed by atoms with Crippen LogP contribution in [0.1, 0.15) is 12.8 Å². The van der Waals surface area contributed by atoms with Crippen LogP contribution in [0.15, 0.2) is 0 Å². The summed E-state index contributed by atoms with van der Waals surface area (Å²) in [5, 5.41) is 3.02. The van der Waals surface area contributed by atoms with E-state index in [1.165, 1.54) is 0 Å². The quantitative estimate of drug-likeness (QED) is 0.411. The van der Waals surface area contributed by atoms with Gasteiger partial charge in [0.05, 0.1) is 23.0 Å². The number of halogens is 2. The third-order valence-corrected chi connectivity index (χ3v) is 6.69. The van der Waals surface area contributed by atoms with Gasteiger partial charge in [-0.2, -0.15) is 0 Å². The summed E-state index contributed by atoms with van der Waals surface area (Å²) >= 11 is 10.7. The molecule has 0 aliphatic heterocycles. The summed E-state index contributed by atoms with van der Waals surface area (Å²) in [6, 6.07) is 0. The summed E-state index contributed by atoms with van der Waals surface area (Å²) < 4.78 is 45.3. The minimum atomic E-state index is -3.04. The normalized spacial score (nSPS) is 12.7. The zero-order valence-corrected chi connectivity index (χ0v) is 13.9. The molecular weight excluding hydrogens is 333 g/mol. The van der Waals surface area contributed by atoms with Gasteiger partial charge in [-0.3, -0.25) is 0 Å². The first-order chi connectivity index (χ1) is 8.83. The Bertz CT molecular complexity index is 383. The van der Waals surface area contributed by atoms with Crippen LogP contribution in [0.25, 0.3) is 0 Å². The molecule has 0 aliphatic rings. The van der Waals surface area contributed by atoms with Crippen LogP contribution >= 0.6 is 23.2 Å². The lowest BCUT2D eigenvalue weighted by atomic mass is 10.4. The molecule has 0 radical (unpaired) electrons. The molecule has 0 saturated heterocycles. The minimum absolute atomic E-state index is 0.00518. The van der Waals surface area contributed by atoms with Crippen molar-refractivity contribution in [1.29, 1.82) is 0 Å². The first-order valence-corrected chi connectivity index (χ1v) is 10.8. The second-order valence-corrected chi connectivity index (χ2v) is 9.50. The highest BCUT2D eigenvalue weighted by molar-refractivity contribution is 7.91. The van der Waals surface area contributed by atoms with Crippen LogP contribution in [0.5, 0.6) is 0 Å². The first kappa shape index (κ1) is 19.4. The van der Waals surface area contributed by atoms with Crippen LogP contribution in [0, 0.1) is 0 Å². The Kier molecular flexibility index (Phi) is 10.4. The van der Waals surface area contributed by atoms with Crippen LogP contribution in [0.2, 0.25) is 0 Å². The molecule has 0 aromatic rings. The highest BCUT2D eigenvalue weighted by atomic mass is 35.5. The van der Waals surface area contributed by atoms with Crippen molar-refractivity contribution in [3.63, 3.8) is 0 Å². The van der Waals surface area contributed by atoms with Crippen LogP contribution in [0.4, 0.5) is 0 Å². The van der Waals surface area contributed by atoms with E-state index in [0.717, 1.165) is 0 Å². The van der Waals surface area contributed by atoms with Crippen molar-refractivity contribution in [1.82, 2.24) is 5.32 Å². The summed E-state index contributed by atoms with van der Waals surface area (Å²) in [4.78, 5) is 0. The molecule has 116 valence electrons. The molecule has 1 N–H and O–H groups in total. The van der Waals surface area contributed by atoms with Gasteiger partial charge in [-0.15, -0.1) is 23.2 Å². The maximum atomic E-state index is 11.3. The molecule has 0 fully saturated rings. The topological polar surface area (TPSA) is 80.3 Å². The smallest absolute Gasteiger partial charge is 0.151 e. The molecule has 0 saturated carbocycles. The lowest BCUT2D eigenvalue weighted by molar-refractivity contribution is 0.585. The van der Waals surface area contributed by atoms with Gasteiger partial charge in [-0.1, -0.05) is 0 Å². The van der Waals surface area contributed by atoms with E-state index < -0.39 is 19.7 Å². The van der Waals surface area contributed by atoms with Gasteiger partial charge in [0.1, 0.15) is 0 Å². The Labute approximate surface area is 125 Å². The van der Waals surface area contributed by atoms with E-state index in [2.05, 4.69) is 5.32 Å². The van der Waals surface area contributed by atoms with Gasteiger partial charge < -0.3 is 5.32 Å². The van der Waals surface area contributed by atoms with Crippen molar-refractivity contribution < 1.29 is 16.8 Å². The molecule has 0 amide bonds. The fourth-order valence-electron chi connectivity index (χ4n) is 1.40. The van der Waals surface area contributed by atoms with Crippen LogP contribution in [-0.4, -0.2) is 64.7 Å². The summed E-state index contributed by atoms with van der Waals surface area (Å²) in [5.41, 5.74) is 0. The van der Waals surface area contributed by atoms with Gasteiger partial charge in [0, 0.05) is 11.8 Å². The Morgan fingerprint density at radius 1 is 0.684 bits per heavy atom. The molecule has 0 spiro atoms. The van der Waals surface area contributed by atoms with Crippen molar-refractivity contribution in [3.05, 3.63) is 0 Å². The summed E-state index contributed by atoms with van der Waals surface area (Å²) in [6.45, 7) is 1.11. The Hall–Kier alpha value is 0.440. The standard InChI is InChI=1S/C10H21Cl2NO4S2/c11-3-9-18(14,15)7-1-5-13-6-2-8-19(16,17)10-4-12/h13H,1-10H2. The highest BCUT2D eigenvalue weighted by Gasteiger charge is 2.10. The summed E-state index contributed by atoms with van der Waals surface area (Å²) in [5.74, 6) is 0.466. The van der Waals surface area contributed by atoms with Crippen LogP contribution < -0.4 is 5.32 Å². The van der Waals surface area contributed by atoms with E-state index in [1.54, 1.807) is 0 Å². The third kappa shape index (κ3) is 11.9. The number of hydrogen-bond donors (Lipinski definition) is 1. The maximum Gasteiger partial charge on any atom is 0.151 e. The van der Waals surface area contributed by atoms with Gasteiger partial charge in [-0.05, 0) is 25.9 Å². The fourth-order valence-corrected chi connectivity index (χ4v) is 4.86. The van der Waals surface area contributed by atoms with Gasteiger partial charge in [0.25, 0.3) is 0 Å². The predicted octanol–water partition coefficient (Wildman–Crippen LogP) is 0.663. The van der Waals surface area contributed by atoms with Crippen molar-refractivity contribution in [3.8, 4) is 0 Å². The highest BCUT2D eigenvalue weighted by Crippen LogP contribution is 1.96. The molecule has 9 heteroatoms. The third-order valence-electron chi connectivity index (χ3n) is 2.39. The second kappa shape index (κ2) is 10.2. The maximum absolute atomic E-state index is 11.3. The SMILES string of the molecule is O=S(=O)(CCCl)CCCNCCCS(=O)(=O)CCCl. The van der Waals surface area contributed by atoms with E-state index in [4.69, 9.17) is 23.2 Å². The van der Waals surface area contributed by atoms with Gasteiger partial charge >= 0.3 is 0 Å². The van der Waals surface area contributed by atoms with Gasteiger partial charge in [0.15, 0.2) is 19.7 Å². The average molecular weight is 354 g/mol. The number of alkyl halides is 2. The Balaban J connectivity index is 3.57. The van der Waals surface area contributed by atoms with E-state index in [9.17, 15) is 16.8 Å². The molecule has 5 nitrogen and oxygen atoms in total. The van der Waals surface area contributed by atoms with Crippen LogP contribution in [-0.2, 0) is 19.7 Å². The molecule has 0 aromatic carbocycles. The Morgan fingerprint density at radius 3 is 1.37 bits per heavy atom. The van der Waals surface area contributed by atoms with Crippen molar-refractivity contribution >= 4 is 42.9 Å². The second-order valence-electron chi connectivity index (χ2n) is 4.14. The lowest BCUT2D eigenvalue weighted by Crippen LogP contribution is -2.23. The van der Waals surface area contributed by atoms with E-state index in [0.29, 0.717) is 25.9 Å². The van der Waals surface area contributed by atoms with Gasteiger partial charge in [-0.25, -0.2) is 16.8 Å². The molecule has 19 heavy (non-hydrogen) atoms. The number of nitrogens with one attached hydrogen (secondary N) is 1. The van der Waals surface area contributed by atoms with E-state index in [-0.39, 0.29) is 34.8 Å². The molecule has 0 aromatic heterocycles. The molecule has 0 aliphatic carbocycles. The van der Waals surface area contributed by atoms with E-state index in [1.807, 2.05) is 0 Å². The number of rotatable bonds is 12. The van der Waals surface area contributed by atoms with Crippen LogP contribution in [0.3, 0.4) is 0 Å². The largest absolute Gasteiger partial charge is 0.317 e. The first-order valence-electron chi connectivity index (χ1n) is 6.06. The lowest BCUT2D eigenvalue weighted by Gasteiger charge is -2.05. The van der Waals surface area contributed by atoms with Crippen molar-refractivity contribution in [2.24, 2.45) is 0 Å². The molecule has 0 bridgehead atoms. The number of sulfone groups is 2.